The van der Waals surface area contributed by atoms with Crippen LogP contribution in [0.5, 0.6) is 0 Å². The summed E-state index contributed by atoms with van der Waals surface area (Å²) in [6.45, 7) is 11.9. The normalized spacial score (nSPS) is 19.5. The van der Waals surface area contributed by atoms with Crippen LogP contribution in [0.15, 0.2) is 60.7 Å². The second-order valence-corrected chi connectivity index (χ2v) is 13.0. The van der Waals surface area contributed by atoms with E-state index < -0.39 is 20.7 Å². The van der Waals surface area contributed by atoms with Crippen molar-refractivity contribution in [1.29, 1.82) is 0 Å². The van der Waals surface area contributed by atoms with Gasteiger partial charge in [-0.1, -0.05) is 81.4 Å². The summed E-state index contributed by atoms with van der Waals surface area (Å²) in [6, 6.07) is 20.2. The van der Waals surface area contributed by atoms with E-state index in [0.29, 0.717) is 13.0 Å². The first-order chi connectivity index (χ1) is 15.0. The highest BCUT2D eigenvalue weighted by atomic mass is 28.3. The number of hydrogen-bond donors (Lipinski definition) is 0. The third-order valence-corrected chi connectivity index (χ3v) is 8.17. The van der Waals surface area contributed by atoms with Crippen molar-refractivity contribution in [3.63, 3.8) is 0 Å². The summed E-state index contributed by atoms with van der Waals surface area (Å²) in [4.78, 5) is 27.6. The molecule has 0 bridgehead atoms. The fourth-order valence-electron chi connectivity index (χ4n) is 4.09. The van der Waals surface area contributed by atoms with E-state index in [1.165, 1.54) is 15.3 Å². The second kappa shape index (κ2) is 9.59. The number of imide groups is 1. The van der Waals surface area contributed by atoms with Crippen molar-refractivity contribution >= 4 is 31.4 Å². The molecule has 1 fully saturated rings. The molecule has 0 N–H and O–H groups in total. The Kier molecular flexibility index (Phi) is 7.25. The Balaban J connectivity index is 1.81. The lowest BCUT2D eigenvalue weighted by Crippen LogP contribution is -2.48. The average Bonchev–Trinajstić information content (AvgIpc) is 3.05. The zero-order chi connectivity index (χ0) is 23.5. The van der Waals surface area contributed by atoms with Gasteiger partial charge in [-0.15, -0.1) is 0 Å². The molecule has 0 aliphatic carbocycles. The fourth-order valence-corrected chi connectivity index (χ4v) is 6.43. The van der Waals surface area contributed by atoms with Crippen molar-refractivity contribution in [1.82, 2.24) is 4.90 Å². The summed E-state index contributed by atoms with van der Waals surface area (Å²) >= 11 is 0. The van der Waals surface area contributed by atoms with Crippen LogP contribution in [0.25, 0.3) is 0 Å². The van der Waals surface area contributed by atoms with E-state index in [-0.39, 0.29) is 23.3 Å². The Morgan fingerprint density at radius 3 is 1.88 bits per heavy atom. The zero-order valence-corrected chi connectivity index (χ0v) is 21.2. The number of ether oxygens (including phenoxy) is 1. The molecular weight excluding hydrogens is 418 g/mol. The SMILES string of the molecule is CC(C)(C)OC(=O)N1C(=O)C(CO[SiH](c2ccccc2)c2ccccc2)CC1C(C)(C)C. The van der Waals surface area contributed by atoms with E-state index in [9.17, 15) is 9.59 Å². The highest BCUT2D eigenvalue weighted by Gasteiger charge is 2.49. The first kappa shape index (κ1) is 24.2. The molecule has 2 atom stereocenters. The van der Waals surface area contributed by atoms with Crippen molar-refractivity contribution < 1.29 is 18.8 Å². The molecule has 172 valence electrons. The topological polar surface area (TPSA) is 55.8 Å². The number of carbonyl (C=O) groups is 2. The number of rotatable bonds is 5. The van der Waals surface area contributed by atoms with Gasteiger partial charge in [0.1, 0.15) is 5.60 Å². The standard InChI is InChI=1S/C26H35NO4Si/c1-25(2,3)22-17-19(23(28)27(22)24(29)31-26(4,5)6)18-30-32(20-13-9-7-10-14-20)21-15-11-8-12-16-21/h7-16,19,22,32H,17-18H2,1-6H3. The lowest BCUT2D eigenvalue weighted by atomic mass is 9.84. The monoisotopic (exact) mass is 453 g/mol. The van der Waals surface area contributed by atoms with Crippen LogP contribution in [-0.4, -0.2) is 44.2 Å². The summed E-state index contributed by atoms with van der Waals surface area (Å²) in [7, 11) is -1.96. The van der Waals surface area contributed by atoms with Crippen LogP contribution in [0.3, 0.4) is 0 Å². The molecule has 0 aromatic heterocycles. The average molecular weight is 454 g/mol. The molecule has 1 saturated heterocycles. The Hall–Kier alpha value is -2.44. The molecule has 2 aromatic rings. The number of benzene rings is 2. The Labute approximate surface area is 193 Å². The minimum Gasteiger partial charge on any atom is -0.443 e. The van der Waals surface area contributed by atoms with Gasteiger partial charge in [-0.3, -0.25) is 4.79 Å². The predicted molar refractivity (Wildman–Crippen MR) is 130 cm³/mol. The van der Waals surface area contributed by atoms with Gasteiger partial charge >= 0.3 is 6.09 Å². The molecule has 2 aromatic carbocycles. The third kappa shape index (κ3) is 5.87. The molecule has 32 heavy (non-hydrogen) atoms. The molecule has 0 radical (unpaired) electrons. The maximum absolute atomic E-state index is 13.3. The minimum absolute atomic E-state index is 0.201. The van der Waals surface area contributed by atoms with E-state index in [0.717, 1.165) is 0 Å². The number of carbonyl (C=O) groups excluding carboxylic acids is 2. The van der Waals surface area contributed by atoms with E-state index in [2.05, 4.69) is 45.0 Å². The smallest absolute Gasteiger partial charge is 0.417 e. The number of amides is 2. The van der Waals surface area contributed by atoms with E-state index in [4.69, 9.17) is 9.16 Å². The number of nitrogens with zero attached hydrogens (tertiary/aromatic N) is 1. The van der Waals surface area contributed by atoms with Crippen molar-refractivity contribution in [2.45, 2.75) is 59.6 Å². The van der Waals surface area contributed by atoms with Gasteiger partial charge in [-0.25, -0.2) is 9.69 Å². The van der Waals surface area contributed by atoms with Gasteiger partial charge < -0.3 is 9.16 Å². The second-order valence-electron chi connectivity index (χ2n) is 10.5. The molecule has 1 aliphatic heterocycles. The maximum atomic E-state index is 13.3. The highest BCUT2D eigenvalue weighted by Crippen LogP contribution is 2.37. The van der Waals surface area contributed by atoms with Crippen LogP contribution >= 0.6 is 0 Å². The molecule has 0 spiro atoms. The first-order valence-corrected chi connectivity index (χ1v) is 12.9. The molecule has 6 heteroatoms. The first-order valence-electron chi connectivity index (χ1n) is 11.2. The molecule has 1 aliphatic rings. The highest BCUT2D eigenvalue weighted by molar-refractivity contribution is 6.80. The van der Waals surface area contributed by atoms with E-state index in [1.54, 1.807) is 0 Å². The fraction of sp³-hybridized carbons (Fsp3) is 0.462. The Morgan fingerprint density at radius 2 is 1.44 bits per heavy atom. The summed E-state index contributed by atoms with van der Waals surface area (Å²) in [5, 5.41) is 2.33. The van der Waals surface area contributed by atoms with E-state index >= 15 is 0 Å². The van der Waals surface area contributed by atoms with Gasteiger partial charge in [0.25, 0.3) is 0 Å². The molecular formula is C26H35NO4Si. The molecule has 0 saturated carbocycles. The van der Waals surface area contributed by atoms with Gasteiger partial charge in [0.2, 0.25) is 14.9 Å². The quantitative estimate of drug-likeness (QED) is 0.647. The van der Waals surface area contributed by atoms with Crippen LogP contribution in [0.4, 0.5) is 4.79 Å². The van der Waals surface area contributed by atoms with E-state index in [1.807, 2.05) is 57.2 Å². The molecule has 1 heterocycles. The maximum Gasteiger partial charge on any atom is 0.417 e. The molecule has 3 rings (SSSR count). The van der Waals surface area contributed by atoms with Crippen molar-refractivity contribution in [3.8, 4) is 0 Å². The number of likely N-dealkylation sites (tertiary alicyclic amines) is 1. The van der Waals surface area contributed by atoms with Gasteiger partial charge in [0.05, 0.1) is 5.92 Å². The van der Waals surface area contributed by atoms with Crippen molar-refractivity contribution in [2.24, 2.45) is 11.3 Å². The predicted octanol–water partition coefficient (Wildman–Crippen LogP) is 3.74. The summed E-state index contributed by atoms with van der Waals surface area (Å²) < 4.78 is 12.1. The van der Waals surface area contributed by atoms with Gasteiger partial charge in [0, 0.05) is 12.6 Å². The summed E-state index contributed by atoms with van der Waals surface area (Å²) in [5.74, 6) is -0.567. The summed E-state index contributed by atoms with van der Waals surface area (Å²) in [6.07, 6.45) is 0.0107. The number of hydrogen-bond acceptors (Lipinski definition) is 4. The molecule has 5 nitrogen and oxygen atoms in total. The van der Waals surface area contributed by atoms with Crippen molar-refractivity contribution in [3.05, 3.63) is 60.7 Å². The zero-order valence-electron chi connectivity index (χ0n) is 20.0. The lowest BCUT2D eigenvalue weighted by Gasteiger charge is -2.34. The van der Waals surface area contributed by atoms with Gasteiger partial charge in [0.15, 0.2) is 0 Å². The molecule has 2 unspecified atom stereocenters. The lowest BCUT2D eigenvalue weighted by molar-refractivity contribution is -0.132. The largest absolute Gasteiger partial charge is 0.443 e. The van der Waals surface area contributed by atoms with Gasteiger partial charge in [-0.2, -0.15) is 0 Å². The summed E-state index contributed by atoms with van der Waals surface area (Å²) in [5.41, 5.74) is -0.913. The van der Waals surface area contributed by atoms with Crippen molar-refractivity contribution in [2.75, 3.05) is 6.61 Å². The van der Waals surface area contributed by atoms with Crippen LogP contribution in [-0.2, 0) is 14.0 Å². The van der Waals surface area contributed by atoms with Crippen LogP contribution in [0, 0.1) is 11.3 Å². The minimum atomic E-state index is -1.96. The molecule has 2 amide bonds. The Morgan fingerprint density at radius 1 is 0.938 bits per heavy atom. The Bertz CT molecular complexity index is 879. The van der Waals surface area contributed by atoms with Gasteiger partial charge in [-0.05, 0) is 43.0 Å². The third-order valence-electron chi connectivity index (χ3n) is 5.66. The van der Waals surface area contributed by atoms with Crippen LogP contribution < -0.4 is 10.4 Å². The van der Waals surface area contributed by atoms with Crippen LogP contribution in [0.1, 0.15) is 48.0 Å². The van der Waals surface area contributed by atoms with Crippen LogP contribution in [0.2, 0.25) is 0 Å².